The number of rotatable bonds is 5. The summed E-state index contributed by atoms with van der Waals surface area (Å²) in [7, 11) is 0. The van der Waals surface area contributed by atoms with E-state index >= 15 is 0 Å². The van der Waals surface area contributed by atoms with Gasteiger partial charge in [-0.3, -0.25) is 9.59 Å². The molecule has 0 spiro atoms. The topological polar surface area (TPSA) is 67.2 Å². The van der Waals surface area contributed by atoms with Crippen molar-refractivity contribution in [2.45, 2.75) is 46.3 Å². The molecule has 1 fully saturated rings. The van der Waals surface area contributed by atoms with Crippen LogP contribution in [0.1, 0.15) is 48.9 Å². The highest BCUT2D eigenvalue weighted by molar-refractivity contribution is 5.92. The Morgan fingerprint density at radius 2 is 1.84 bits per heavy atom. The first-order valence-corrected chi connectivity index (χ1v) is 10.8. The zero-order valence-corrected chi connectivity index (χ0v) is 18.7. The lowest BCUT2D eigenvalue weighted by Crippen LogP contribution is -2.47. The van der Waals surface area contributed by atoms with Gasteiger partial charge in [-0.25, -0.2) is 4.68 Å². The fourth-order valence-electron chi connectivity index (χ4n) is 4.51. The summed E-state index contributed by atoms with van der Waals surface area (Å²) >= 11 is 0. The maximum atomic E-state index is 13.5. The summed E-state index contributed by atoms with van der Waals surface area (Å²) in [5.41, 5.74) is -2.00. The molecule has 1 amide bonds. The first-order valence-electron chi connectivity index (χ1n) is 10.8. The van der Waals surface area contributed by atoms with Gasteiger partial charge in [0, 0.05) is 37.4 Å². The predicted octanol–water partition coefficient (Wildman–Crippen LogP) is 3.66. The molecule has 1 aromatic carbocycles. The van der Waals surface area contributed by atoms with E-state index < -0.39 is 28.8 Å². The molecule has 1 N–H and O–H groups in total. The van der Waals surface area contributed by atoms with Crippen LogP contribution < -0.4 is 10.7 Å². The number of carbonyl (C=O) groups is 1. The monoisotopic (exact) mass is 450 g/mol. The number of halogens is 3. The van der Waals surface area contributed by atoms with Crippen LogP contribution in [0.2, 0.25) is 0 Å². The molecule has 1 aliphatic heterocycles. The molecule has 2 heterocycles. The number of piperidine rings is 1. The van der Waals surface area contributed by atoms with Gasteiger partial charge in [-0.1, -0.05) is 26.0 Å². The van der Waals surface area contributed by atoms with Crippen molar-refractivity contribution in [3.05, 3.63) is 57.5 Å². The third kappa shape index (κ3) is 5.56. The van der Waals surface area contributed by atoms with E-state index in [-0.39, 0.29) is 17.4 Å². The number of amides is 1. The zero-order valence-electron chi connectivity index (χ0n) is 18.7. The molecular formula is C23H29F3N4O2. The zero-order chi connectivity index (χ0) is 23.6. The van der Waals surface area contributed by atoms with E-state index in [4.69, 9.17) is 0 Å². The first kappa shape index (κ1) is 24.0. The minimum absolute atomic E-state index is 0.201. The largest absolute Gasteiger partial charge is 0.418 e. The van der Waals surface area contributed by atoms with Crippen LogP contribution >= 0.6 is 0 Å². The van der Waals surface area contributed by atoms with Gasteiger partial charge in [0.1, 0.15) is 0 Å². The number of aryl methyl sites for hydroxylation is 1. The van der Waals surface area contributed by atoms with Crippen LogP contribution in [-0.4, -0.2) is 46.3 Å². The van der Waals surface area contributed by atoms with E-state index in [1.165, 1.54) is 31.5 Å². The van der Waals surface area contributed by atoms with E-state index in [2.05, 4.69) is 29.2 Å². The molecule has 3 atom stereocenters. The third-order valence-corrected chi connectivity index (χ3v) is 5.61. The van der Waals surface area contributed by atoms with Crippen LogP contribution in [0.4, 0.5) is 13.2 Å². The van der Waals surface area contributed by atoms with Crippen molar-refractivity contribution in [1.29, 1.82) is 0 Å². The minimum atomic E-state index is -4.60. The number of nitrogens with zero attached hydrogens (tertiary/aromatic N) is 3. The molecule has 0 unspecified atom stereocenters. The fraction of sp³-hybridized carbons (Fsp3) is 0.522. The van der Waals surface area contributed by atoms with Crippen molar-refractivity contribution < 1.29 is 18.0 Å². The van der Waals surface area contributed by atoms with E-state index in [0.717, 1.165) is 29.9 Å². The lowest BCUT2D eigenvalue weighted by molar-refractivity contribution is -0.137. The van der Waals surface area contributed by atoms with Crippen molar-refractivity contribution in [3.63, 3.8) is 0 Å². The fourth-order valence-corrected chi connectivity index (χ4v) is 4.51. The van der Waals surface area contributed by atoms with Crippen LogP contribution in [0.3, 0.4) is 0 Å². The van der Waals surface area contributed by atoms with E-state index in [9.17, 15) is 22.8 Å². The molecule has 1 aliphatic rings. The quantitative estimate of drug-likeness (QED) is 0.755. The Hall–Kier alpha value is -2.68. The highest BCUT2D eigenvalue weighted by Crippen LogP contribution is 2.33. The van der Waals surface area contributed by atoms with Gasteiger partial charge in [0.2, 0.25) is 5.43 Å². The molecule has 2 aromatic rings. The average molecular weight is 451 g/mol. The maximum absolute atomic E-state index is 13.5. The summed E-state index contributed by atoms with van der Waals surface area (Å²) in [4.78, 5) is 27.5. The smallest absolute Gasteiger partial charge is 0.347 e. The molecule has 0 bridgehead atoms. The van der Waals surface area contributed by atoms with Crippen LogP contribution in [-0.2, 0) is 6.18 Å². The Kier molecular flexibility index (Phi) is 7.07. The minimum Gasteiger partial charge on any atom is -0.347 e. The van der Waals surface area contributed by atoms with E-state index in [1.807, 2.05) is 6.92 Å². The number of para-hydroxylation sites is 1. The van der Waals surface area contributed by atoms with Crippen LogP contribution in [0.5, 0.6) is 0 Å². The lowest BCUT2D eigenvalue weighted by Gasteiger charge is -2.36. The standard InChI is InChI=1S/C23H29F3N4O2/c1-14-9-15(2)12-29(11-14)13-16(3)27-22(32)21-20(31)10-17(4)30(28-21)19-8-6-5-7-18(19)23(24,25)26/h5-8,10,14-16H,9,11-13H2,1-4H3,(H,27,32)/t14-,15-,16+/m0/s1. The molecule has 0 radical (unpaired) electrons. The number of nitrogens with one attached hydrogen (secondary N) is 1. The number of aromatic nitrogens is 2. The Labute approximate surface area is 185 Å². The summed E-state index contributed by atoms with van der Waals surface area (Å²) in [6.45, 7) is 10.2. The molecular weight excluding hydrogens is 421 g/mol. The second kappa shape index (κ2) is 9.44. The average Bonchev–Trinajstić information content (AvgIpc) is 2.66. The van der Waals surface area contributed by atoms with Gasteiger partial charge < -0.3 is 10.2 Å². The van der Waals surface area contributed by atoms with Gasteiger partial charge in [0.25, 0.3) is 5.91 Å². The molecule has 6 nitrogen and oxygen atoms in total. The van der Waals surface area contributed by atoms with Crippen molar-refractivity contribution >= 4 is 5.91 Å². The lowest BCUT2D eigenvalue weighted by atomic mass is 9.92. The molecule has 1 saturated heterocycles. The molecule has 3 rings (SSSR count). The van der Waals surface area contributed by atoms with E-state index in [1.54, 1.807) is 0 Å². The number of hydrogen-bond donors (Lipinski definition) is 1. The van der Waals surface area contributed by atoms with Gasteiger partial charge in [-0.2, -0.15) is 18.3 Å². The number of benzene rings is 1. The van der Waals surface area contributed by atoms with Crippen molar-refractivity contribution in [2.24, 2.45) is 11.8 Å². The highest BCUT2D eigenvalue weighted by atomic mass is 19.4. The predicted molar refractivity (Wildman–Crippen MR) is 116 cm³/mol. The Morgan fingerprint density at radius 1 is 1.22 bits per heavy atom. The van der Waals surface area contributed by atoms with Gasteiger partial charge in [-0.15, -0.1) is 0 Å². The van der Waals surface area contributed by atoms with Gasteiger partial charge in [0.05, 0.1) is 11.3 Å². The molecule has 174 valence electrons. The summed E-state index contributed by atoms with van der Waals surface area (Å²) in [6, 6.07) is 5.81. The normalized spacial score (nSPS) is 20.7. The van der Waals surface area contributed by atoms with Gasteiger partial charge in [-0.05, 0) is 44.2 Å². The van der Waals surface area contributed by atoms with Crippen molar-refractivity contribution in [3.8, 4) is 5.69 Å². The molecule has 0 aliphatic carbocycles. The van der Waals surface area contributed by atoms with Crippen molar-refractivity contribution in [2.75, 3.05) is 19.6 Å². The summed E-state index contributed by atoms with van der Waals surface area (Å²) in [5.74, 6) is 0.446. The van der Waals surface area contributed by atoms with Gasteiger partial charge in [0.15, 0.2) is 5.69 Å². The SMILES string of the molecule is Cc1cc(=O)c(C(=O)N[C@H](C)CN2C[C@@H](C)C[C@H](C)C2)nn1-c1ccccc1C(F)(F)F. The Balaban J connectivity index is 1.83. The van der Waals surface area contributed by atoms with E-state index in [0.29, 0.717) is 18.4 Å². The Bertz CT molecular complexity index is 1020. The molecule has 9 heteroatoms. The van der Waals surface area contributed by atoms with Crippen LogP contribution in [0.25, 0.3) is 5.69 Å². The number of likely N-dealkylation sites (tertiary alicyclic amines) is 1. The van der Waals surface area contributed by atoms with Crippen LogP contribution in [0, 0.1) is 18.8 Å². The third-order valence-electron chi connectivity index (χ3n) is 5.61. The second-order valence-corrected chi connectivity index (χ2v) is 8.96. The van der Waals surface area contributed by atoms with Crippen molar-refractivity contribution in [1.82, 2.24) is 20.0 Å². The highest BCUT2D eigenvalue weighted by Gasteiger charge is 2.34. The number of carbonyl (C=O) groups excluding carboxylic acids is 1. The number of alkyl halides is 3. The Morgan fingerprint density at radius 3 is 2.47 bits per heavy atom. The molecule has 32 heavy (non-hydrogen) atoms. The summed E-state index contributed by atoms with van der Waals surface area (Å²) in [6.07, 6.45) is -3.43. The summed E-state index contributed by atoms with van der Waals surface area (Å²) in [5, 5.41) is 6.80. The number of hydrogen-bond acceptors (Lipinski definition) is 4. The second-order valence-electron chi connectivity index (χ2n) is 8.96. The van der Waals surface area contributed by atoms with Crippen LogP contribution in [0.15, 0.2) is 35.1 Å². The maximum Gasteiger partial charge on any atom is 0.418 e. The molecule has 0 saturated carbocycles. The molecule has 1 aromatic heterocycles. The summed E-state index contributed by atoms with van der Waals surface area (Å²) < 4.78 is 41.4. The first-order chi connectivity index (χ1) is 15.0. The van der Waals surface area contributed by atoms with Gasteiger partial charge >= 0.3 is 6.18 Å².